The lowest BCUT2D eigenvalue weighted by Crippen LogP contribution is -2.70. The van der Waals surface area contributed by atoms with Gasteiger partial charge in [0.05, 0.1) is 27.8 Å². The highest BCUT2D eigenvalue weighted by molar-refractivity contribution is 6.35. The van der Waals surface area contributed by atoms with E-state index in [4.69, 9.17) is 17.3 Å². The highest BCUT2D eigenvalue weighted by Crippen LogP contribution is 2.57. The largest absolute Gasteiger partial charge is 0.507 e. The molecule has 6 N–H and O–H groups in total. The van der Waals surface area contributed by atoms with Gasteiger partial charge < -0.3 is 26.4 Å². The number of aliphatic hydroxyl groups is 2. The Morgan fingerprint density at radius 3 is 2.35 bits per heavy atom. The number of rotatable bonds is 2. The number of carbonyl (C=O) groups excluding carboxylic acids is 6. The lowest BCUT2D eigenvalue weighted by molar-refractivity contribution is -0.182. The zero-order valence-electron chi connectivity index (χ0n) is 18.0. The number of ketones is 4. The van der Waals surface area contributed by atoms with Gasteiger partial charge in [-0.1, -0.05) is 11.6 Å². The normalized spacial score (nSPS) is 34.7. The van der Waals surface area contributed by atoms with Crippen LogP contribution in [-0.2, 0) is 29.6 Å². The summed E-state index contributed by atoms with van der Waals surface area (Å²) in [5, 5.41) is 35.5. The zero-order valence-corrected chi connectivity index (χ0v) is 18.8. The number of carbonyl (C=O) groups is 6. The van der Waals surface area contributed by atoms with E-state index in [0.717, 1.165) is 13.0 Å². The molecule has 0 aliphatic heterocycles. The lowest BCUT2D eigenvalue weighted by atomic mass is 9.51. The number of hydrogen-bond donors (Lipinski definition) is 5. The predicted octanol–water partition coefficient (Wildman–Crippen LogP) is -0.396. The maximum absolute atomic E-state index is 13.5. The van der Waals surface area contributed by atoms with E-state index in [2.05, 4.69) is 5.32 Å². The minimum Gasteiger partial charge on any atom is -0.507 e. The monoisotopic (exact) mass is 492 g/mol. The predicted molar refractivity (Wildman–Crippen MR) is 114 cm³/mol. The number of anilines is 1. The third-order valence-electron chi connectivity index (χ3n) is 7.20. The molecule has 1 aromatic carbocycles. The second-order valence-corrected chi connectivity index (χ2v) is 9.62. The molecule has 0 heterocycles. The Hall–Kier alpha value is -3.15. The van der Waals surface area contributed by atoms with Gasteiger partial charge in [-0.25, -0.2) is 0 Å². The van der Waals surface area contributed by atoms with Crippen molar-refractivity contribution in [1.82, 2.24) is 0 Å². The summed E-state index contributed by atoms with van der Waals surface area (Å²) in [6.45, 7) is 2.41. The number of hydrogen-bond acceptors (Lipinski definition) is 9. The maximum atomic E-state index is 13.5. The third-order valence-corrected chi connectivity index (χ3v) is 7.50. The molecule has 0 aromatic heterocycles. The molecule has 0 spiro atoms. The van der Waals surface area contributed by atoms with Crippen LogP contribution in [0.4, 0.5) is 5.69 Å². The fourth-order valence-corrected chi connectivity index (χ4v) is 5.94. The number of halogens is 1. The summed E-state index contributed by atoms with van der Waals surface area (Å²) in [6, 6.07) is 0.957. The summed E-state index contributed by atoms with van der Waals surface area (Å²) in [4.78, 5) is 75.8. The first-order chi connectivity index (χ1) is 15.6. The van der Waals surface area contributed by atoms with Gasteiger partial charge in [0.2, 0.25) is 11.8 Å². The SMILES string of the molecule is CC(=O)Nc1c(Cl)cc(O)c2c1[C@](C)(O)[C@H]1C[C@H]3CC(=O)C(C(N)=O)C(=O)[C@@]3(O)C(=O)C1C2=O. The molecule has 1 aromatic rings. The van der Waals surface area contributed by atoms with E-state index in [1.54, 1.807) is 0 Å². The van der Waals surface area contributed by atoms with Gasteiger partial charge >= 0.3 is 0 Å². The Labute approximate surface area is 197 Å². The van der Waals surface area contributed by atoms with Crippen LogP contribution >= 0.6 is 11.6 Å². The number of Topliss-reactive ketones (excluding diaryl/α,β-unsaturated/α-hetero) is 4. The highest BCUT2D eigenvalue weighted by atomic mass is 35.5. The van der Waals surface area contributed by atoms with Gasteiger partial charge in [0.1, 0.15) is 5.75 Å². The Balaban J connectivity index is 1.94. The Bertz CT molecular complexity index is 1220. The van der Waals surface area contributed by atoms with E-state index in [0.29, 0.717) is 0 Å². The number of phenols is 1. The molecule has 11 nitrogen and oxygen atoms in total. The number of amides is 2. The molecule has 12 heteroatoms. The highest BCUT2D eigenvalue weighted by Gasteiger charge is 2.69. The Morgan fingerprint density at radius 2 is 1.79 bits per heavy atom. The topological polar surface area (TPSA) is 201 Å². The first kappa shape index (κ1) is 24.0. The van der Waals surface area contributed by atoms with E-state index in [-0.39, 0.29) is 22.7 Å². The number of primary amides is 1. The fourth-order valence-electron chi connectivity index (χ4n) is 5.69. The van der Waals surface area contributed by atoms with Gasteiger partial charge in [0, 0.05) is 36.8 Å². The van der Waals surface area contributed by atoms with Crippen LogP contribution in [0.2, 0.25) is 5.02 Å². The molecule has 2 unspecified atom stereocenters. The molecule has 6 atom stereocenters. The Kier molecular flexibility index (Phi) is 5.24. The first-order valence-corrected chi connectivity index (χ1v) is 10.8. The van der Waals surface area contributed by atoms with Crippen LogP contribution in [0.25, 0.3) is 0 Å². The van der Waals surface area contributed by atoms with Crippen LogP contribution in [0.15, 0.2) is 6.07 Å². The van der Waals surface area contributed by atoms with Crippen LogP contribution in [0.3, 0.4) is 0 Å². The van der Waals surface area contributed by atoms with Gasteiger partial charge in [-0.05, 0) is 13.3 Å². The summed E-state index contributed by atoms with van der Waals surface area (Å²) in [5.74, 6) is -13.6. The quantitative estimate of drug-likeness (QED) is 0.269. The van der Waals surface area contributed by atoms with E-state index in [1.165, 1.54) is 6.92 Å². The molecular formula is C22H21ClN2O9. The number of fused-ring (bicyclic) bond motifs is 3. The van der Waals surface area contributed by atoms with Crippen molar-refractivity contribution in [2.24, 2.45) is 29.4 Å². The average Bonchev–Trinajstić information content (AvgIpc) is 2.70. The molecule has 2 fully saturated rings. The van der Waals surface area contributed by atoms with Crippen LogP contribution < -0.4 is 11.1 Å². The number of phenolic OH excluding ortho intramolecular Hbond substituents is 1. The van der Waals surface area contributed by atoms with Crippen molar-refractivity contribution in [3.63, 3.8) is 0 Å². The minimum absolute atomic E-state index is 0.142. The van der Waals surface area contributed by atoms with Crippen molar-refractivity contribution >= 4 is 52.2 Å². The third kappa shape index (κ3) is 2.97. The molecule has 0 radical (unpaired) electrons. The summed E-state index contributed by atoms with van der Waals surface area (Å²) in [5.41, 5.74) is -0.642. The number of benzene rings is 1. The van der Waals surface area contributed by atoms with Crippen LogP contribution in [0.1, 0.15) is 42.6 Å². The van der Waals surface area contributed by atoms with E-state index in [9.17, 15) is 44.1 Å². The molecule has 3 aliphatic rings. The van der Waals surface area contributed by atoms with Crippen molar-refractivity contribution in [3.8, 4) is 5.75 Å². The number of nitrogens with one attached hydrogen (secondary N) is 1. The van der Waals surface area contributed by atoms with E-state index < -0.39 is 87.6 Å². The molecule has 0 bridgehead atoms. The van der Waals surface area contributed by atoms with Gasteiger partial charge in [0.15, 0.2) is 34.7 Å². The molecular weight excluding hydrogens is 472 g/mol. The van der Waals surface area contributed by atoms with Crippen molar-refractivity contribution in [3.05, 3.63) is 22.2 Å². The van der Waals surface area contributed by atoms with E-state index >= 15 is 0 Å². The summed E-state index contributed by atoms with van der Waals surface area (Å²) in [6.07, 6.45) is -0.887. The summed E-state index contributed by atoms with van der Waals surface area (Å²) >= 11 is 6.17. The minimum atomic E-state index is -2.85. The van der Waals surface area contributed by atoms with Crippen LogP contribution in [-0.4, -0.2) is 55.9 Å². The molecule has 4 rings (SSSR count). The van der Waals surface area contributed by atoms with Crippen LogP contribution in [0, 0.1) is 23.7 Å². The molecule has 2 amide bonds. The summed E-state index contributed by atoms with van der Waals surface area (Å²) < 4.78 is 0. The van der Waals surface area contributed by atoms with Crippen molar-refractivity contribution < 1.29 is 44.1 Å². The van der Waals surface area contributed by atoms with Crippen molar-refractivity contribution in [1.29, 1.82) is 0 Å². The lowest BCUT2D eigenvalue weighted by Gasteiger charge is -2.53. The van der Waals surface area contributed by atoms with Crippen LogP contribution in [0.5, 0.6) is 5.75 Å². The van der Waals surface area contributed by atoms with Gasteiger partial charge in [-0.3, -0.25) is 28.8 Å². The summed E-state index contributed by atoms with van der Waals surface area (Å²) in [7, 11) is 0. The number of aromatic hydroxyl groups is 1. The Morgan fingerprint density at radius 1 is 1.18 bits per heavy atom. The smallest absolute Gasteiger partial charge is 0.235 e. The van der Waals surface area contributed by atoms with Crippen molar-refractivity contribution in [2.45, 2.75) is 37.9 Å². The zero-order chi connectivity index (χ0) is 25.5. The van der Waals surface area contributed by atoms with Gasteiger partial charge in [-0.15, -0.1) is 0 Å². The average molecular weight is 493 g/mol. The van der Waals surface area contributed by atoms with E-state index in [1.807, 2.05) is 0 Å². The fraction of sp³-hybridized carbons (Fsp3) is 0.455. The second kappa shape index (κ2) is 7.42. The molecule has 0 saturated heterocycles. The molecule has 34 heavy (non-hydrogen) atoms. The second-order valence-electron chi connectivity index (χ2n) is 9.21. The molecule has 180 valence electrons. The number of nitrogens with two attached hydrogens (primary N) is 1. The maximum Gasteiger partial charge on any atom is 0.235 e. The molecule has 3 aliphatic carbocycles. The van der Waals surface area contributed by atoms with Gasteiger partial charge in [0.25, 0.3) is 0 Å². The van der Waals surface area contributed by atoms with Gasteiger partial charge in [-0.2, -0.15) is 0 Å². The van der Waals surface area contributed by atoms with Crippen molar-refractivity contribution in [2.75, 3.05) is 5.32 Å². The first-order valence-electron chi connectivity index (χ1n) is 10.4. The molecule has 2 saturated carbocycles. The standard InChI is InChI=1S/C22H21ClN2O9/c1-6(26)25-16-9(23)5-11(28)13-15(16)21(2,33)8-3-7-4-10(27)14(20(24)32)19(31)22(7,34)18(30)12(8)17(13)29/h5,7-8,12,14,28,33-34H,3-4H2,1-2H3,(H2,24,32)(H,25,26)/t7-,8-,12?,14?,21+,22-/m0/s1.